The Morgan fingerprint density at radius 2 is 1.97 bits per heavy atom. The van der Waals surface area contributed by atoms with Crippen LogP contribution in [0.25, 0.3) is 22.3 Å². The highest BCUT2D eigenvalue weighted by Gasteiger charge is 2.19. The molecule has 0 saturated heterocycles. The smallest absolute Gasteiger partial charge is 0.326 e. The molecule has 0 aliphatic rings. The Kier molecular flexibility index (Phi) is 5.73. The van der Waals surface area contributed by atoms with E-state index in [2.05, 4.69) is 25.5 Å². The zero-order chi connectivity index (χ0) is 21.1. The number of fused-ring (bicyclic) bond motifs is 1. The topological polar surface area (TPSA) is 102 Å². The minimum atomic E-state index is -0.863. The predicted molar refractivity (Wildman–Crippen MR) is 111 cm³/mol. The molecule has 10 heteroatoms. The summed E-state index contributed by atoms with van der Waals surface area (Å²) in [6, 6.07) is 10.1. The summed E-state index contributed by atoms with van der Waals surface area (Å²) in [7, 11) is 0. The summed E-state index contributed by atoms with van der Waals surface area (Å²) in [6.45, 7) is 1.04. The first kappa shape index (κ1) is 20.0. The lowest BCUT2D eigenvalue weighted by atomic mass is 10.1. The first-order valence-electron chi connectivity index (χ1n) is 9.14. The summed E-state index contributed by atoms with van der Waals surface area (Å²) in [5.74, 6) is -1.35. The number of benzene rings is 2. The zero-order valence-electron chi connectivity index (χ0n) is 15.6. The minimum absolute atomic E-state index is 0.127. The monoisotopic (exact) mass is 430 g/mol. The highest BCUT2D eigenvalue weighted by Crippen LogP contribution is 2.35. The van der Waals surface area contributed by atoms with Crippen molar-refractivity contribution in [3.8, 4) is 23.0 Å². The molecule has 0 saturated carbocycles. The quantitative estimate of drug-likeness (QED) is 0.373. The maximum absolute atomic E-state index is 14.0. The van der Waals surface area contributed by atoms with Crippen molar-refractivity contribution in [3.63, 3.8) is 0 Å². The van der Waals surface area contributed by atoms with E-state index in [1.807, 2.05) is 18.2 Å². The Morgan fingerprint density at radius 1 is 1.13 bits per heavy atom. The third-order valence-corrected chi connectivity index (χ3v) is 4.63. The number of nitrogens with one attached hydrogen (secondary N) is 2. The van der Waals surface area contributed by atoms with Crippen molar-refractivity contribution in [2.24, 2.45) is 5.73 Å². The summed E-state index contributed by atoms with van der Waals surface area (Å²) in [5, 5.41) is 11.5. The van der Waals surface area contributed by atoms with Crippen molar-refractivity contribution in [1.29, 1.82) is 0 Å². The first-order valence-corrected chi connectivity index (χ1v) is 9.52. The van der Waals surface area contributed by atoms with Crippen molar-refractivity contribution in [1.82, 2.24) is 20.2 Å². The summed E-state index contributed by atoms with van der Waals surface area (Å²) in [4.78, 5) is 8.65. The van der Waals surface area contributed by atoms with Gasteiger partial charge in [0.15, 0.2) is 17.2 Å². The molecule has 4 rings (SSSR count). The number of hydrogen-bond donors (Lipinski definition) is 3. The molecule has 4 N–H and O–H groups in total. The van der Waals surface area contributed by atoms with Crippen molar-refractivity contribution < 1.29 is 13.5 Å². The molecule has 4 aromatic rings. The van der Waals surface area contributed by atoms with Gasteiger partial charge in [-0.1, -0.05) is 29.8 Å². The van der Waals surface area contributed by atoms with Crippen LogP contribution in [0, 0.1) is 11.6 Å². The summed E-state index contributed by atoms with van der Waals surface area (Å²) in [5.41, 5.74) is 7.21. The number of nitrogens with zero attached hydrogens (tertiary/aromatic N) is 3. The number of hydrogen-bond acceptors (Lipinski definition) is 6. The van der Waals surface area contributed by atoms with Crippen LogP contribution in [-0.4, -0.2) is 33.3 Å². The molecule has 0 aliphatic carbocycles. The number of ether oxygens (including phenoxy) is 1. The van der Waals surface area contributed by atoms with E-state index in [0.717, 1.165) is 12.1 Å². The van der Waals surface area contributed by atoms with Gasteiger partial charge in [-0.2, -0.15) is 15.1 Å². The van der Waals surface area contributed by atoms with Gasteiger partial charge in [0, 0.05) is 18.2 Å². The van der Waals surface area contributed by atoms with E-state index in [1.165, 1.54) is 6.07 Å². The van der Waals surface area contributed by atoms with Crippen LogP contribution in [0.2, 0.25) is 5.02 Å². The Morgan fingerprint density at radius 3 is 2.73 bits per heavy atom. The second-order valence-electron chi connectivity index (χ2n) is 6.38. The molecule has 154 valence electrons. The van der Waals surface area contributed by atoms with E-state index >= 15 is 0 Å². The van der Waals surface area contributed by atoms with Crippen molar-refractivity contribution in [3.05, 3.63) is 59.1 Å². The largest absolute Gasteiger partial charge is 0.421 e. The van der Waals surface area contributed by atoms with Gasteiger partial charge in [0.2, 0.25) is 0 Å². The molecule has 0 bridgehead atoms. The molecule has 0 fully saturated rings. The minimum Gasteiger partial charge on any atom is -0.421 e. The average Bonchev–Trinajstić information content (AvgIpc) is 3.14. The number of nitrogens with two attached hydrogens (primary N) is 1. The van der Waals surface area contributed by atoms with Crippen molar-refractivity contribution in [2.75, 3.05) is 18.4 Å². The van der Waals surface area contributed by atoms with E-state index in [4.69, 9.17) is 22.1 Å². The van der Waals surface area contributed by atoms with Gasteiger partial charge in [-0.3, -0.25) is 5.10 Å². The first-order chi connectivity index (χ1) is 14.6. The Hall–Kier alpha value is -3.30. The van der Waals surface area contributed by atoms with E-state index in [0.29, 0.717) is 52.6 Å². The summed E-state index contributed by atoms with van der Waals surface area (Å²) >= 11 is 6.34. The highest BCUT2D eigenvalue weighted by molar-refractivity contribution is 6.33. The normalized spacial score (nSPS) is 11.1. The van der Waals surface area contributed by atoms with Gasteiger partial charge < -0.3 is 15.8 Å². The predicted octanol–water partition coefficient (Wildman–Crippen LogP) is 4.50. The fourth-order valence-electron chi connectivity index (χ4n) is 2.90. The van der Waals surface area contributed by atoms with Gasteiger partial charge >= 0.3 is 6.01 Å². The lowest BCUT2D eigenvalue weighted by Crippen LogP contribution is -2.10. The third-order valence-electron chi connectivity index (χ3n) is 4.30. The van der Waals surface area contributed by atoms with Crippen LogP contribution >= 0.6 is 11.6 Å². The standard InChI is InChI=1S/C20H17ClF2N6O/c21-13-5-2-1-4-12(13)17-16-18(25-9-3-8-24)26-20(27-19(16)29-28-17)30-15-7-6-11(22)10-14(15)23/h1-2,4-7,10H,3,8-9,24H2,(H2,25,26,27,28,29). The van der Waals surface area contributed by atoms with Crippen LogP contribution in [0.5, 0.6) is 11.8 Å². The highest BCUT2D eigenvalue weighted by atomic mass is 35.5. The molecule has 30 heavy (non-hydrogen) atoms. The number of H-pyrrole nitrogens is 1. The maximum atomic E-state index is 14.0. The lowest BCUT2D eigenvalue weighted by molar-refractivity contribution is 0.410. The van der Waals surface area contributed by atoms with Crippen LogP contribution < -0.4 is 15.8 Å². The van der Waals surface area contributed by atoms with Gasteiger partial charge in [-0.15, -0.1) is 0 Å². The molecule has 0 radical (unpaired) electrons. The molecule has 0 atom stereocenters. The van der Waals surface area contributed by atoms with Crippen molar-refractivity contribution >= 4 is 28.5 Å². The molecule has 2 aromatic carbocycles. The molecular weight excluding hydrogens is 414 g/mol. The van der Waals surface area contributed by atoms with Gasteiger partial charge in [0.25, 0.3) is 0 Å². The molecule has 0 aliphatic heterocycles. The Balaban J connectivity index is 1.80. The van der Waals surface area contributed by atoms with Gasteiger partial charge in [-0.25, -0.2) is 8.78 Å². The van der Waals surface area contributed by atoms with E-state index in [1.54, 1.807) is 6.07 Å². The number of halogens is 3. The van der Waals surface area contributed by atoms with Crippen LogP contribution in [0.3, 0.4) is 0 Å². The summed E-state index contributed by atoms with van der Waals surface area (Å²) in [6.07, 6.45) is 0.702. The molecular formula is C20H17ClF2N6O. The Bertz CT molecular complexity index is 1200. The maximum Gasteiger partial charge on any atom is 0.326 e. The second kappa shape index (κ2) is 8.60. The summed E-state index contributed by atoms with van der Waals surface area (Å²) < 4.78 is 32.6. The fourth-order valence-corrected chi connectivity index (χ4v) is 3.12. The molecule has 2 aromatic heterocycles. The number of aromatic amines is 1. The zero-order valence-corrected chi connectivity index (χ0v) is 16.4. The van der Waals surface area contributed by atoms with Gasteiger partial charge in [0.05, 0.1) is 10.4 Å². The third kappa shape index (κ3) is 4.03. The average molecular weight is 431 g/mol. The molecule has 0 amide bonds. The van der Waals surface area contributed by atoms with Gasteiger partial charge in [0.1, 0.15) is 17.3 Å². The lowest BCUT2D eigenvalue weighted by Gasteiger charge is -2.10. The molecule has 0 spiro atoms. The second-order valence-corrected chi connectivity index (χ2v) is 6.78. The van der Waals surface area contributed by atoms with Crippen LogP contribution in [-0.2, 0) is 0 Å². The number of anilines is 1. The molecule has 7 nitrogen and oxygen atoms in total. The fraction of sp³-hybridized carbons (Fsp3) is 0.150. The number of rotatable bonds is 7. The van der Waals surface area contributed by atoms with E-state index in [9.17, 15) is 8.78 Å². The van der Waals surface area contributed by atoms with Crippen LogP contribution in [0.4, 0.5) is 14.6 Å². The van der Waals surface area contributed by atoms with Crippen molar-refractivity contribution in [2.45, 2.75) is 6.42 Å². The molecule has 0 unspecified atom stereocenters. The Labute approximate surface area is 175 Å². The number of aromatic nitrogens is 4. The molecule has 2 heterocycles. The SMILES string of the molecule is NCCCNc1nc(Oc2ccc(F)cc2F)nc2[nH]nc(-c3ccccc3Cl)c12. The van der Waals surface area contributed by atoms with Gasteiger partial charge in [-0.05, 0) is 31.2 Å². The van der Waals surface area contributed by atoms with Crippen LogP contribution in [0.1, 0.15) is 6.42 Å². The van der Waals surface area contributed by atoms with E-state index in [-0.39, 0.29) is 11.8 Å². The van der Waals surface area contributed by atoms with E-state index < -0.39 is 11.6 Å². The van der Waals surface area contributed by atoms with Crippen LogP contribution in [0.15, 0.2) is 42.5 Å².